The second-order valence-electron chi connectivity index (χ2n) is 4.12. The number of halogens is 3. The van der Waals surface area contributed by atoms with Gasteiger partial charge < -0.3 is 5.73 Å². The number of sulfonamides is 1. The molecule has 8 heteroatoms. The van der Waals surface area contributed by atoms with E-state index in [0.29, 0.717) is 28.6 Å². The Morgan fingerprint density at radius 1 is 1.32 bits per heavy atom. The maximum Gasteiger partial charge on any atom is 0.215 e. The molecule has 1 aromatic carbocycles. The van der Waals surface area contributed by atoms with Crippen molar-refractivity contribution < 1.29 is 8.42 Å². The highest BCUT2D eigenvalue weighted by Crippen LogP contribution is 2.25. The molecule has 0 radical (unpaired) electrons. The van der Waals surface area contributed by atoms with Gasteiger partial charge in [0.25, 0.3) is 0 Å². The van der Waals surface area contributed by atoms with E-state index in [-0.39, 0.29) is 24.2 Å². The van der Waals surface area contributed by atoms with E-state index in [4.69, 9.17) is 28.9 Å². The topological polar surface area (TPSA) is 72.2 Å². The van der Waals surface area contributed by atoms with Crippen LogP contribution in [0.3, 0.4) is 0 Å². The first kappa shape index (κ1) is 19.0. The van der Waals surface area contributed by atoms with Crippen molar-refractivity contribution in [2.75, 3.05) is 6.54 Å². The standard InChI is InChI=1S/C11H16Cl2N2O2S.ClH/c1-8(14)5-6-15-18(16,17)7-9-10(12)3-2-4-11(9)13;/h2-4,8,15H,5-7,14H2,1H3;1H. The highest BCUT2D eigenvalue weighted by Gasteiger charge is 2.16. The summed E-state index contributed by atoms with van der Waals surface area (Å²) >= 11 is 11.8. The lowest BCUT2D eigenvalue weighted by Crippen LogP contribution is -2.30. The van der Waals surface area contributed by atoms with Gasteiger partial charge in [-0.2, -0.15) is 0 Å². The number of hydrogen-bond donors (Lipinski definition) is 2. The van der Waals surface area contributed by atoms with Crippen LogP contribution >= 0.6 is 35.6 Å². The van der Waals surface area contributed by atoms with E-state index in [0.717, 1.165) is 0 Å². The average Bonchev–Trinajstić information content (AvgIpc) is 2.23. The normalized spacial score (nSPS) is 12.8. The molecule has 1 rings (SSSR count). The molecule has 0 aliphatic rings. The Bertz CT molecular complexity index is 486. The van der Waals surface area contributed by atoms with Crippen molar-refractivity contribution in [1.29, 1.82) is 0 Å². The molecular weight excluding hydrogens is 331 g/mol. The average molecular weight is 348 g/mol. The van der Waals surface area contributed by atoms with Gasteiger partial charge in [-0.15, -0.1) is 12.4 Å². The van der Waals surface area contributed by atoms with Crippen molar-refractivity contribution in [3.8, 4) is 0 Å². The third-order valence-electron chi connectivity index (χ3n) is 2.32. The third kappa shape index (κ3) is 6.79. The number of nitrogens with one attached hydrogen (secondary N) is 1. The molecule has 1 atom stereocenters. The first-order valence-corrected chi connectivity index (χ1v) is 7.88. The Balaban J connectivity index is 0.00000324. The van der Waals surface area contributed by atoms with Gasteiger partial charge in [0.05, 0.1) is 5.75 Å². The van der Waals surface area contributed by atoms with Crippen molar-refractivity contribution in [1.82, 2.24) is 4.72 Å². The molecule has 1 aromatic rings. The highest BCUT2D eigenvalue weighted by molar-refractivity contribution is 7.88. The Kier molecular flexibility index (Phi) is 8.27. The van der Waals surface area contributed by atoms with E-state index >= 15 is 0 Å². The van der Waals surface area contributed by atoms with Gasteiger partial charge >= 0.3 is 0 Å². The summed E-state index contributed by atoms with van der Waals surface area (Å²) in [6.45, 7) is 2.13. The number of nitrogens with two attached hydrogens (primary N) is 1. The molecule has 0 fully saturated rings. The summed E-state index contributed by atoms with van der Waals surface area (Å²) in [6, 6.07) is 4.85. The second-order valence-corrected chi connectivity index (χ2v) is 6.74. The van der Waals surface area contributed by atoms with Gasteiger partial charge in [-0.1, -0.05) is 29.3 Å². The predicted octanol–water partition coefficient (Wildman–Crippen LogP) is 2.57. The first-order chi connectivity index (χ1) is 8.32. The largest absolute Gasteiger partial charge is 0.328 e. The Morgan fingerprint density at radius 2 is 1.84 bits per heavy atom. The molecule has 0 aliphatic carbocycles. The minimum Gasteiger partial charge on any atom is -0.328 e. The Labute approximate surface area is 130 Å². The fourth-order valence-corrected chi connectivity index (χ4v) is 3.26. The van der Waals surface area contributed by atoms with Crippen LogP contribution in [0, 0.1) is 0 Å². The zero-order valence-corrected chi connectivity index (χ0v) is 13.5. The van der Waals surface area contributed by atoms with Gasteiger partial charge in [0, 0.05) is 28.2 Å². The van der Waals surface area contributed by atoms with Crippen LogP contribution in [0.2, 0.25) is 10.0 Å². The summed E-state index contributed by atoms with van der Waals surface area (Å²) in [5.41, 5.74) is 5.96. The molecule has 110 valence electrons. The molecule has 4 nitrogen and oxygen atoms in total. The molecule has 1 unspecified atom stereocenters. The van der Waals surface area contributed by atoms with E-state index in [9.17, 15) is 8.42 Å². The lowest BCUT2D eigenvalue weighted by molar-refractivity contribution is 0.571. The van der Waals surface area contributed by atoms with Crippen molar-refractivity contribution in [3.63, 3.8) is 0 Å². The molecule has 19 heavy (non-hydrogen) atoms. The van der Waals surface area contributed by atoms with Crippen LogP contribution in [0.4, 0.5) is 0 Å². The van der Waals surface area contributed by atoms with Crippen LogP contribution in [0.5, 0.6) is 0 Å². The maximum absolute atomic E-state index is 11.8. The van der Waals surface area contributed by atoms with E-state index < -0.39 is 10.0 Å². The Morgan fingerprint density at radius 3 is 2.32 bits per heavy atom. The van der Waals surface area contributed by atoms with E-state index in [2.05, 4.69) is 4.72 Å². The summed E-state index contributed by atoms with van der Waals surface area (Å²) in [5, 5.41) is 0.695. The number of benzene rings is 1. The molecule has 0 aromatic heterocycles. The Hall–Kier alpha value is -0.0400. The number of rotatable bonds is 6. The van der Waals surface area contributed by atoms with Crippen LogP contribution in [0.15, 0.2) is 18.2 Å². The van der Waals surface area contributed by atoms with E-state index in [1.807, 2.05) is 6.92 Å². The van der Waals surface area contributed by atoms with Crippen LogP contribution in [-0.4, -0.2) is 21.0 Å². The number of hydrogen-bond acceptors (Lipinski definition) is 3. The lowest BCUT2D eigenvalue weighted by atomic mass is 10.2. The minimum atomic E-state index is -3.45. The smallest absolute Gasteiger partial charge is 0.215 e. The van der Waals surface area contributed by atoms with Crippen LogP contribution < -0.4 is 10.5 Å². The third-order valence-corrected chi connectivity index (χ3v) is 4.34. The van der Waals surface area contributed by atoms with E-state index in [1.54, 1.807) is 18.2 Å². The van der Waals surface area contributed by atoms with E-state index in [1.165, 1.54) is 0 Å². The summed E-state index contributed by atoms with van der Waals surface area (Å²) in [4.78, 5) is 0. The monoisotopic (exact) mass is 346 g/mol. The van der Waals surface area contributed by atoms with Gasteiger partial charge in [0.1, 0.15) is 0 Å². The van der Waals surface area contributed by atoms with Crippen LogP contribution in [0.1, 0.15) is 18.9 Å². The predicted molar refractivity (Wildman–Crippen MR) is 82.6 cm³/mol. The second kappa shape index (κ2) is 8.29. The van der Waals surface area contributed by atoms with Crippen LogP contribution in [0.25, 0.3) is 0 Å². The van der Waals surface area contributed by atoms with Gasteiger partial charge in [-0.3, -0.25) is 0 Å². The molecule has 0 bridgehead atoms. The van der Waals surface area contributed by atoms with Gasteiger partial charge in [0.15, 0.2) is 0 Å². The zero-order chi connectivity index (χ0) is 13.8. The van der Waals surface area contributed by atoms with Gasteiger partial charge in [-0.05, 0) is 25.5 Å². The summed E-state index contributed by atoms with van der Waals surface area (Å²) < 4.78 is 26.1. The quantitative estimate of drug-likeness (QED) is 0.830. The zero-order valence-electron chi connectivity index (χ0n) is 10.4. The molecule has 0 heterocycles. The highest BCUT2D eigenvalue weighted by atomic mass is 35.5. The molecule has 0 saturated carbocycles. The van der Waals surface area contributed by atoms with Crippen molar-refractivity contribution in [3.05, 3.63) is 33.8 Å². The maximum atomic E-state index is 11.8. The fourth-order valence-electron chi connectivity index (χ4n) is 1.35. The minimum absolute atomic E-state index is 0. The lowest BCUT2D eigenvalue weighted by Gasteiger charge is -2.10. The SMILES string of the molecule is CC(N)CCNS(=O)(=O)Cc1c(Cl)cccc1Cl.Cl. The summed E-state index contributed by atoms with van der Waals surface area (Å²) in [5.74, 6) is -0.232. The van der Waals surface area contributed by atoms with Crippen molar-refractivity contribution in [2.45, 2.75) is 25.1 Å². The summed E-state index contributed by atoms with van der Waals surface area (Å²) in [7, 11) is -3.45. The van der Waals surface area contributed by atoms with Crippen molar-refractivity contribution in [2.24, 2.45) is 5.73 Å². The molecule has 0 spiro atoms. The van der Waals surface area contributed by atoms with Crippen molar-refractivity contribution >= 4 is 45.6 Å². The fraction of sp³-hybridized carbons (Fsp3) is 0.455. The molecule has 0 aliphatic heterocycles. The molecular formula is C11H17Cl3N2O2S. The van der Waals surface area contributed by atoms with Gasteiger partial charge in [-0.25, -0.2) is 13.1 Å². The molecule has 3 N–H and O–H groups in total. The molecule has 0 saturated heterocycles. The first-order valence-electron chi connectivity index (χ1n) is 5.47. The van der Waals surface area contributed by atoms with Crippen LogP contribution in [-0.2, 0) is 15.8 Å². The van der Waals surface area contributed by atoms with Gasteiger partial charge in [0.2, 0.25) is 10.0 Å². The summed E-state index contributed by atoms with van der Waals surface area (Å²) in [6.07, 6.45) is 0.579. The molecule has 0 amide bonds.